The van der Waals surface area contributed by atoms with Gasteiger partial charge in [0.1, 0.15) is 5.52 Å². The zero-order valence-corrected chi connectivity index (χ0v) is 11.8. The van der Waals surface area contributed by atoms with E-state index in [0.29, 0.717) is 34.6 Å². The third-order valence-corrected chi connectivity index (χ3v) is 3.85. The highest BCUT2D eigenvalue weighted by atomic mass is 16.4. The number of piperazine rings is 1. The van der Waals surface area contributed by atoms with Crippen LogP contribution in [-0.4, -0.2) is 36.9 Å². The molecule has 1 saturated heterocycles. The minimum Gasteiger partial charge on any atom is -0.423 e. The molecule has 0 saturated carbocycles. The normalized spacial score (nSPS) is 19.8. The molecule has 20 heavy (non-hydrogen) atoms. The van der Waals surface area contributed by atoms with Gasteiger partial charge in [0, 0.05) is 31.2 Å². The van der Waals surface area contributed by atoms with Gasteiger partial charge in [0.2, 0.25) is 0 Å². The predicted molar refractivity (Wildman–Crippen MR) is 78.2 cm³/mol. The Morgan fingerprint density at radius 3 is 3.10 bits per heavy atom. The van der Waals surface area contributed by atoms with Crippen molar-refractivity contribution in [1.82, 2.24) is 10.3 Å². The van der Waals surface area contributed by atoms with Crippen LogP contribution >= 0.6 is 0 Å². The number of anilines is 1. The lowest BCUT2D eigenvalue weighted by molar-refractivity contribution is 0.112. The number of rotatable bonds is 3. The van der Waals surface area contributed by atoms with Gasteiger partial charge in [-0.15, -0.1) is 0 Å². The van der Waals surface area contributed by atoms with Gasteiger partial charge in [-0.05, 0) is 18.1 Å². The SMILES string of the molecule is CC(C)C1CN(c2nc3c(C=O)cccc3o2)CCN1. The first kappa shape index (κ1) is 13.1. The summed E-state index contributed by atoms with van der Waals surface area (Å²) >= 11 is 0. The lowest BCUT2D eigenvalue weighted by Crippen LogP contribution is -2.53. The topological polar surface area (TPSA) is 58.4 Å². The van der Waals surface area contributed by atoms with E-state index in [1.807, 2.05) is 12.1 Å². The lowest BCUT2D eigenvalue weighted by Gasteiger charge is -2.34. The van der Waals surface area contributed by atoms with E-state index in [2.05, 4.69) is 29.0 Å². The Labute approximate surface area is 118 Å². The Bertz CT molecular complexity index is 621. The lowest BCUT2D eigenvalue weighted by atomic mass is 10.0. The van der Waals surface area contributed by atoms with Gasteiger partial charge in [-0.1, -0.05) is 19.9 Å². The molecule has 3 rings (SSSR count). The third kappa shape index (κ3) is 2.29. The second kappa shape index (κ2) is 5.25. The van der Waals surface area contributed by atoms with E-state index < -0.39 is 0 Å². The molecule has 1 unspecified atom stereocenters. The molecule has 0 aliphatic carbocycles. The summed E-state index contributed by atoms with van der Waals surface area (Å²) in [4.78, 5) is 17.7. The summed E-state index contributed by atoms with van der Waals surface area (Å²) < 4.78 is 5.81. The first-order chi connectivity index (χ1) is 9.69. The van der Waals surface area contributed by atoms with Gasteiger partial charge in [0.15, 0.2) is 11.9 Å². The van der Waals surface area contributed by atoms with E-state index in [1.165, 1.54) is 0 Å². The number of para-hydroxylation sites is 1. The zero-order valence-electron chi connectivity index (χ0n) is 11.8. The number of carbonyl (C=O) groups is 1. The van der Waals surface area contributed by atoms with Crippen molar-refractivity contribution >= 4 is 23.4 Å². The number of aldehydes is 1. The van der Waals surface area contributed by atoms with Crippen LogP contribution in [0.25, 0.3) is 11.1 Å². The number of benzene rings is 1. The summed E-state index contributed by atoms with van der Waals surface area (Å²) in [6.07, 6.45) is 0.823. The van der Waals surface area contributed by atoms with Gasteiger partial charge in [0.05, 0.1) is 0 Å². The second-order valence-electron chi connectivity index (χ2n) is 5.56. The summed E-state index contributed by atoms with van der Waals surface area (Å²) in [5.41, 5.74) is 1.90. The monoisotopic (exact) mass is 273 g/mol. The molecule has 0 bridgehead atoms. The Balaban J connectivity index is 1.92. The fourth-order valence-corrected chi connectivity index (χ4v) is 2.59. The molecular weight excluding hydrogens is 254 g/mol. The molecule has 2 heterocycles. The smallest absolute Gasteiger partial charge is 0.298 e. The molecule has 5 nitrogen and oxygen atoms in total. The van der Waals surface area contributed by atoms with Gasteiger partial charge in [0.25, 0.3) is 6.01 Å². The average molecular weight is 273 g/mol. The van der Waals surface area contributed by atoms with Crippen LogP contribution in [0.5, 0.6) is 0 Å². The standard InChI is InChI=1S/C15H19N3O2/c1-10(2)12-8-18(7-6-16-12)15-17-14-11(9-19)4-3-5-13(14)20-15/h3-5,9-10,12,16H,6-8H2,1-2H3. The molecule has 106 valence electrons. The van der Waals surface area contributed by atoms with Crippen LogP contribution in [0.15, 0.2) is 22.6 Å². The van der Waals surface area contributed by atoms with Crippen molar-refractivity contribution in [3.8, 4) is 0 Å². The van der Waals surface area contributed by atoms with E-state index in [-0.39, 0.29) is 0 Å². The number of aromatic nitrogens is 1. The van der Waals surface area contributed by atoms with Crippen LogP contribution in [0.2, 0.25) is 0 Å². The number of fused-ring (bicyclic) bond motifs is 1. The van der Waals surface area contributed by atoms with Crippen LogP contribution in [0.1, 0.15) is 24.2 Å². The molecule has 2 aromatic rings. The summed E-state index contributed by atoms with van der Waals surface area (Å²) in [6, 6.07) is 6.47. The van der Waals surface area contributed by atoms with E-state index in [0.717, 1.165) is 25.9 Å². The molecule has 1 aromatic heterocycles. The maximum Gasteiger partial charge on any atom is 0.298 e. The minimum absolute atomic E-state index is 0.435. The number of oxazole rings is 1. The van der Waals surface area contributed by atoms with Crippen LogP contribution in [0.3, 0.4) is 0 Å². The van der Waals surface area contributed by atoms with Gasteiger partial charge >= 0.3 is 0 Å². The van der Waals surface area contributed by atoms with Crippen LogP contribution < -0.4 is 10.2 Å². The molecule has 1 aliphatic rings. The Hall–Kier alpha value is -1.88. The van der Waals surface area contributed by atoms with Crippen molar-refractivity contribution in [3.05, 3.63) is 23.8 Å². The Kier molecular flexibility index (Phi) is 3.44. The molecule has 5 heteroatoms. The molecule has 1 aliphatic heterocycles. The van der Waals surface area contributed by atoms with Crippen molar-refractivity contribution in [2.75, 3.05) is 24.5 Å². The maximum absolute atomic E-state index is 11.0. The summed E-state index contributed by atoms with van der Waals surface area (Å²) in [5, 5.41) is 3.51. The number of hydrogen-bond donors (Lipinski definition) is 1. The van der Waals surface area contributed by atoms with Crippen molar-refractivity contribution in [2.24, 2.45) is 5.92 Å². The quantitative estimate of drug-likeness (QED) is 0.868. The van der Waals surface area contributed by atoms with E-state index in [9.17, 15) is 4.79 Å². The van der Waals surface area contributed by atoms with Gasteiger partial charge in [-0.25, -0.2) is 0 Å². The molecule has 1 N–H and O–H groups in total. The third-order valence-electron chi connectivity index (χ3n) is 3.85. The first-order valence-corrected chi connectivity index (χ1v) is 7.02. The largest absolute Gasteiger partial charge is 0.423 e. The molecular formula is C15H19N3O2. The highest BCUT2D eigenvalue weighted by Gasteiger charge is 2.25. The first-order valence-electron chi connectivity index (χ1n) is 7.02. The van der Waals surface area contributed by atoms with Crippen LogP contribution in [0.4, 0.5) is 6.01 Å². The minimum atomic E-state index is 0.435. The molecule has 0 amide bonds. The number of nitrogens with one attached hydrogen (secondary N) is 1. The highest BCUT2D eigenvalue weighted by Crippen LogP contribution is 2.25. The predicted octanol–water partition coefficient (Wildman–Crippen LogP) is 2.07. The summed E-state index contributed by atoms with van der Waals surface area (Å²) in [6.45, 7) is 7.07. The molecule has 1 aromatic carbocycles. The van der Waals surface area contributed by atoms with Gasteiger partial charge < -0.3 is 14.6 Å². The van der Waals surface area contributed by atoms with Crippen molar-refractivity contribution in [1.29, 1.82) is 0 Å². The van der Waals surface area contributed by atoms with E-state index >= 15 is 0 Å². The van der Waals surface area contributed by atoms with Gasteiger partial charge in [-0.3, -0.25) is 4.79 Å². The van der Waals surface area contributed by atoms with Crippen LogP contribution in [-0.2, 0) is 0 Å². The Morgan fingerprint density at radius 1 is 1.50 bits per heavy atom. The van der Waals surface area contributed by atoms with Crippen molar-refractivity contribution in [3.63, 3.8) is 0 Å². The molecule has 0 spiro atoms. The fraction of sp³-hybridized carbons (Fsp3) is 0.467. The molecule has 1 atom stereocenters. The van der Waals surface area contributed by atoms with E-state index in [1.54, 1.807) is 6.07 Å². The van der Waals surface area contributed by atoms with Crippen LogP contribution in [0, 0.1) is 5.92 Å². The molecule has 0 radical (unpaired) electrons. The number of carbonyl (C=O) groups excluding carboxylic acids is 1. The average Bonchev–Trinajstić information content (AvgIpc) is 2.91. The van der Waals surface area contributed by atoms with Gasteiger partial charge in [-0.2, -0.15) is 4.98 Å². The summed E-state index contributed by atoms with van der Waals surface area (Å²) in [7, 11) is 0. The van der Waals surface area contributed by atoms with E-state index in [4.69, 9.17) is 4.42 Å². The number of nitrogens with zero attached hydrogens (tertiary/aromatic N) is 2. The van der Waals surface area contributed by atoms with Crippen molar-refractivity contribution < 1.29 is 9.21 Å². The number of hydrogen-bond acceptors (Lipinski definition) is 5. The maximum atomic E-state index is 11.0. The molecule has 1 fully saturated rings. The zero-order chi connectivity index (χ0) is 14.1. The highest BCUT2D eigenvalue weighted by molar-refractivity contribution is 5.93. The van der Waals surface area contributed by atoms with Crippen molar-refractivity contribution in [2.45, 2.75) is 19.9 Å². The second-order valence-corrected chi connectivity index (χ2v) is 5.56. The summed E-state index contributed by atoms with van der Waals surface area (Å²) in [5.74, 6) is 0.563. The Morgan fingerprint density at radius 2 is 2.35 bits per heavy atom. The fourth-order valence-electron chi connectivity index (χ4n) is 2.59.